The van der Waals surface area contributed by atoms with Crippen molar-refractivity contribution in [2.45, 2.75) is 64.6 Å². The molecule has 2 heterocycles. The minimum atomic E-state index is -0.755. The van der Waals surface area contributed by atoms with Crippen LogP contribution in [0.4, 0.5) is 4.79 Å². The number of pyridine rings is 1. The summed E-state index contributed by atoms with van der Waals surface area (Å²) in [6.07, 6.45) is 5.87. The standard InChI is InChI=1S/C24H29ClN2O5S/c1-14-20(32-18-4-2-3-16(11-18)23(28)29)8-7-19(27-14)22-17(12-21(25)33-22)13-31-24(30)26-10-9-15-5-6-15/h7-8,12,15-16,18H,2-6,9-11,13H2,1H3,(H,26,30)(H,28,29)/t16-,18-/m0/s1. The van der Waals surface area contributed by atoms with E-state index in [-0.39, 0.29) is 18.6 Å². The van der Waals surface area contributed by atoms with Gasteiger partial charge in [-0.1, -0.05) is 24.4 Å². The topological polar surface area (TPSA) is 97.8 Å². The molecule has 2 aliphatic carbocycles. The molecule has 0 aromatic carbocycles. The van der Waals surface area contributed by atoms with Gasteiger partial charge < -0.3 is 19.9 Å². The smallest absolute Gasteiger partial charge is 0.407 e. The number of amides is 1. The van der Waals surface area contributed by atoms with Gasteiger partial charge in [-0.3, -0.25) is 4.79 Å². The monoisotopic (exact) mass is 492 g/mol. The van der Waals surface area contributed by atoms with Crippen LogP contribution < -0.4 is 10.1 Å². The molecule has 0 aliphatic heterocycles. The number of rotatable bonds is 9. The SMILES string of the molecule is Cc1nc(-c2sc(Cl)cc2COC(=O)NCCC2CC2)ccc1O[C@H]1CCC[C@H](C(=O)O)C1. The van der Waals surface area contributed by atoms with Crippen LogP contribution in [0.1, 0.15) is 56.2 Å². The van der Waals surface area contributed by atoms with E-state index < -0.39 is 12.1 Å². The molecule has 0 radical (unpaired) electrons. The van der Waals surface area contributed by atoms with Gasteiger partial charge in [0.1, 0.15) is 12.4 Å². The van der Waals surface area contributed by atoms with E-state index >= 15 is 0 Å². The van der Waals surface area contributed by atoms with Crippen LogP contribution in [-0.2, 0) is 16.1 Å². The number of carbonyl (C=O) groups excluding carboxylic acids is 1. The number of aliphatic carboxylic acids is 1. The molecule has 1 amide bonds. The highest BCUT2D eigenvalue weighted by Crippen LogP contribution is 2.37. The first-order chi connectivity index (χ1) is 15.9. The number of carboxylic acids is 1. The Hall–Kier alpha value is -2.32. The third-order valence-electron chi connectivity index (χ3n) is 6.20. The molecule has 0 spiro atoms. The molecule has 2 N–H and O–H groups in total. The Morgan fingerprint density at radius 1 is 1.27 bits per heavy atom. The molecule has 2 aromatic rings. The number of aryl methyl sites for hydroxylation is 1. The van der Waals surface area contributed by atoms with Crippen LogP contribution in [0.25, 0.3) is 10.6 Å². The summed E-state index contributed by atoms with van der Waals surface area (Å²) in [5.74, 6) is 0.309. The van der Waals surface area contributed by atoms with Crippen LogP contribution in [-0.4, -0.2) is 34.8 Å². The number of nitrogens with one attached hydrogen (secondary N) is 1. The number of halogens is 1. The molecular weight excluding hydrogens is 464 g/mol. The number of ether oxygens (including phenoxy) is 2. The summed E-state index contributed by atoms with van der Waals surface area (Å²) in [6.45, 7) is 2.62. The average molecular weight is 493 g/mol. The minimum Gasteiger partial charge on any atom is -0.489 e. The van der Waals surface area contributed by atoms with E-state index in [2.05, 4.69) is 5.32 Å². The largest absolute Gasteiger partial charge is 0.489 e. The Bertz CT molecular complexity index is 1010. The molecule has 9 heteroatoms. The number of nitrogens with zero attached hydrogens (tertiary/aromatic N) is 1. The first-order valence-electron chi connectivity index (χ1n) is 11.5. The Morgan fingerprint density at radius 3 is 2.82 bits per heavy atom. The summed E-state index contributed by atoms with van der Waals surface area (Å²) in [7, 11) is 0. The molecule has 2 saturated carbocycles. The molecule has 7 nitrogen and oxygen atoms in total. The highest BCUT2D eigenvalue weighted by Gasteiger charge is 2.28. The van der Waals surface area contributed by atoms with E-state index in [9.17, 15) is 14.7 Å². The molecule has 2 aliphatic rings. The third kappa shape index (κ3) is 6.60. The summed E-state index contributed by atoms with van der Waals surface area (Å²) in [5, 5.41) is 12.1. The molecule has 0 saturated heterocycles. The molecule has 33 heavy (non-hydrogen) atoms. The summed E-state index contributed by atoms with van der Waals surface area (Å²) in [4.78, 5) is 28.9. The van der Waals surface area contributed by atoms with Gasteiger partial charge in [0, 0.05) is 12.1 Å². The first kappa shape index (κ1) is 23.8. The van der Waals surface area contributed by atoms with Gasteiger partial charge in [0.15, 0.2) is 0 Å². The van der Waals surface area contributed by atoms with Crippen LogP contribution in [0.15, 0.2) is 18.2 Å². The van der Waals surface area contributed by atoms with Crippen molar-refractivity contribution in [3.63, 3.8) is 0 Å². The fraction of sp³-hybridized carbons (Fsp3) is 0.542. The van der Waals surface area contributed by atoms with Crippen molar-refractivity contribution in [3.8, 4) is 16.3 Å². The molecule has 0 unspecified atom stereocenters. The van der Waals surface area contributed by atoms with Gasteiger partial charge in [0.2, 0.25) is 0 Å². The summed E-state index contributed by atoms with van der Waals surface area (Å²) in [5.41, 5.74) is 2.26. The van der Waals surface area contributed by atoms with Gasteiger partial charge >= 0.3 is 12.1 Å². The van der Waals surface area contributed by atoms with Crippen LogP contribution >= 0.6 is 22.9 Å². The van der Waals surface area contributed by atoms with Crippen LogP contribution in [0.5, 0.6) is 5.75 Å². The maximum Gasteiger partial charge on any atom is 0.407 e. The summed E-state index contributed by atoms with van der Waals surface area (Å²) < 4.78 is 12.1. The Balaban J connectivity index is 1.38. The molecular formula is C24H29ClN2O5S. The fourth-order valence-electron chi connectivity index (χ4n) is 4.15. The number of aromatic nitrogens is 1. The van der Waals surface area contributed by atoms with Crippen molar-refractivity contribution in [3.05, 3.63) is 33.8 Å². The predicted molar refractivity (Wildman–Crippen MR) is 127 cm³/mol. The second-order valence-electron chi connectivity index (χ2n) is 8.86. The average Bonchev–Trinajstić information content (AvgIpc) is 3.53. The second kappa shape index (κ2) is 10.7. The van der Waals surface area contributed by atoms with E-state index in [4.69, 9.17) is 26.1 Å². The zero-order valence-corrected chi connectivity index (χ0v) is 20.2. The number of alkyl carbamates (subject to hydrolysis) is 1. The minimum absolute atomic E-state index is 0.117. The molecule has 2 aromatic heterocycles. The second-order valence-corrected chi connectivity index (χ2v) is 10.5. The van der Waals surface area contributed by atoms with Gasteiger partial charge in [-0.05, 0) is 63.1 Å². The maximum atomic E-state index is 12.0. The fourth-order valence-corrected chi connectivity index (χ4v) is 5.38. The van der Waals surface area contributed by atoms with Crippen molar-refractivity contribution in [1.82, 2.24) is 10.3 Å². The lowest BCUT2D eigenvalue weighted by molar-refractivity contribution is -0.143. The number of carboxylic acid groups (broad SMARTS) is 1. The first-order valence-corrected chi connectivity index (χ1v) is 12.6. The van der Waals surface area contributed by atoms with E-state index in [1.807, 2.05) is 19.1 Å². The lowest BCUT2D eigenvalue weighted by atomic mass is 9.87. The Labute approximate surface area is 202 Å². The van der Waals surface area contributed by atoms with Gasteiger partial charge in [-0.15, -0.1) is 11.3 Å². The zero-order chi connectivity index (χ0) is 23.4. The van der Waals surface area contributed by atoms with Gasteiger partial charge in [-0.2, -0.15) is 0 Å². The molecule has 2 fully saturated rings. The molecule has 2 atom stereocenters. The summed E-state index contributed by atoms with van der Waals surface area (Å²) >= 11 is 7.65. The lowest BCUT2D eigenvalue weighted by Gasteiger charge is -2.27. The molecule has 178 valence electrons. The lowest BCUT2D eigenvalue weighted by Crippen LogP contribution is -2.29. The van der Waals surface area contributed by atoms with Crippen LogP contribution in [0.2, 0.25) is 4.34 Å². The van der Waals surface area contributed by atoms with E-state index in [1.165, 1.54) is 24.2 Å². The zero-order valence-electron chi connectivity index (χ0n) is 18.6. The summed E-state index contributed by atoms with van der Waals surface area (Å²) in [6, 6.07) is 5.53. The van der Waals surface area contributed by atoms with Gasteiger partial charge in [0.05, 0.1) is 32.6 Å². The molecule has 0 bridgehead atoms. The maximum absolute atomic E-state index is 12.0. The number of hydrogen-bond donors (Lipinski definition) is 2. The van der Waals surface area contributed by atoms with E-state index in [0.29, 0.717) is 29.5 Å². The number of hydrogen-bond acceptors (Lipinski definition) is 6. The third-order valence-corrected chi connectivity index (χ3v) is 7.52. The van der Waals surface area contributed by atoms with Crippen molar-refractivity contribution >= 4 is 35.0 Å². The number of thiophene rings is 1. The van der Waals surface area contributed by atoms with Gasteiger partial charge in [0.25, 0.3) is 0 Å². The van der Waals surface area contributed by atoms with Crippen molar-refractivity contribution < 1.29 is 24.2 Å². The van der Waals surface area contributed by atoms with Crippen LogP contribution in [0, 0.1) is 18.8 Å². The Morgan fingerprint density at radius 2 is 2.09 bits per heavy atom. The van der Waals surface area contributed by atoms with Crippen molar-refractivity contribution in [2.75, 3.05) is 6.54 Å². The quantitative estimate of drug-likeness (QED) is 0.457. The van der Waals surface area contributed by atoms with Gasteiger partial charge in [-0.25, -0.2) is 9.78 Å². The van der Waals surface area contributed by atoms with Crippen molar-refractivity contribution in [2.24, 2.45) is 11.8 Å². The van der Waals surface area contributed by atoms with Crippen molar-refractivity contribution in [1.29, 1.82) is 0 Å². The van der Waals surface area contributed by atoms with E-state index in [1.54, 1.807) is 6.07 Å². The highest BCUT2D eigenvalue weighted by atomic mass is 35.5. The predicted octanol–water partition coefficient (Wildman–Crippen LogP) is 5.82. The Kier molecular flexibility index (Phi) is 7.75. The van der Waals surface area contributed by atoms with E-state index in [0.717, 1.165) is 47.0 Å². The highest BCUT2D eigenvalue weighted by molar-refractivity contribution is 7.19. The number of carbonyl (C=O) groups is 2. The normalized spacial score (nSPS) is 20.3. The molecule has 4 rings (SSSR count). The van der Waals surface area contributed by atoms with Crippen LogP contribution in [0.3, 0.4) is 0 Å².